The molecule has 0 radical (unpaired) electrons. The van der Waals surface area contributed by atoms with Crippen molar-refractivity contribution in [3.63, 3.8) is 0 Å². The monoisotopic (exact) mass is 274 g/mol. The number of pyridine rings is 1. The third-order valence-corrected chi connectivity index (χ3v) is 2.55. The summed E-state index contributed by atoms with van der Waals surface area (Å²) >= 11 is 0. The van der Waals surface area contributed by atoms with Gasteiger partial charge in [0.15, 0.2) is 5.69 Å². The molecule has 106 valence electrons. The van der Waals surface area contributed by atoms with Gasteiger partial charge < -0.3 is 10.1 Å². The molecular formula is C14H18N4O2. The van der Waals surface area contributed by atoms with E-state index in [2.05, 4.69) is 15.4 Å². The number of hydrogen-bond acceptors (Lipinski definition) is 5. The maximum atomic E-state index is 12.1. The molecule has 0 aliphatic rings. The van der Waals surface area contributed by atoms with Crippen molar-refractivity contribution < 1.29 is 9.53 Å². The van der Waals surface area contributed by atoms with Crippen molar-refractivity contribution >= 4 is 11.8 Å². The zero-order valence-electron chi connectivity index (χ0n) is 12.0. The lowest BCUT2D eigenvalue weighted by Gasteiger charge is -2.09. The molecule has 0 aromatic carbocycles. The summed E-state index contributed by atoms with van der Waals surface area (Å²) in [6.45, 7) is 5.85. The normalized spacial score (nSPS) is 10.7. The molecule has 1 N–H and O–H groups in total. The van der Waals surface area contributed by atoms with Gasteiger partial charge in [0.1, 0.15) is 5.82 Å². The van der Waals surface area contributed by atoms with Gasteiger partial charge in [0.2, 0.25) is 5.88 Å². The first-order valence-electron chi connectivity index (χ1n) is 6.42. The van der Waals surface area contributed by atoms with Gasteiger partial charge in [-0.25, -0.2) is 14.5 Å². The van der Waals surface area contributed by atoms with E-state index in [-0.39, 0.29) is 11.7 Å². The van der Waals surface area contributed by atoms with Gasteiger partial charge in [-0.3, -0.25) is 0 Å². The Bertz CT molecular complexity index is 619. The number of hydrogen-bond donors (Lipinski definition) is 1. The summed E-state index contributed by atoms with van der Waals surface area (Å²) in [6.07, 6.45) is 0. The van der Waals surface area contributed by atoms with Crippen molar-refractivity contribution in [3.8, 4) is 5.88 Å². The first kappa shape index (κ1) is 14.0. The standard InChI is InChI=1S/C14H18N4O2/c1-9(2)15-12-7-5-6-11(16-12)14(19)20-13-8-10(3)17-18(13)4/h5-9H,1-4H3,(H,15,16). The van der Waals surface area contributed by atoms with Gasteiger partial charge >= 0.3 is 5.97 Å². The van der Waals surface area contributed by atoms with Crippen LogP contribution in [0.3, 0.4) is 0 Å². The largest absolute Gasteiger partial charge is 0.403 e. The van der Waals surface area contributed by atoms with E-state index in [0.717, 1.165) is 5.69 Å². The Morgan fingerprint density at radius 1 is 1.40 bits per heavy atom. The third kappa shape index (κ3) is 3.34. The number of rotatable bonds is 4. The number of esters is 1. The van der Waals surface area contributed by atoms with E-state index in [1.165, 1.54) is 4.68 Å². The molecule has 0 saturated carbocycles. The van der Waals surface area contributed by atoms with E-state index in [9.17, 15) is 4.79 Å². The highest BCUT2D eigenvalue weighted by Gasteiger charge is 2.14. The average molecular weight is 274 g/mol. The smallest absolute Gasteiger partial charge is 0.363 e. The molecule has 0 amide bonds. The van der Waals surface area contributed by atoms with Crippen LogP contribution in [0, 0.1) is 6.92 Å². The van der Waals surface area contributed by atoms with E-state index in [1.54, 1.807) is 25.2 Å². The van der Waals surface area contributed by atoms with Crippen LogP contribution in [0.25, 0.3) is 0 Å². The fraction of sp³-hybridized carbons (Fsp3) is 0.357. The quantitative estimate of drug-likeness (QED) is 0.865. The van der Waals surface area contributed by atoms with Crippen LogP contribution in [0.5, 0.6) is 5.88 Å². The zero-order valence-corrected chi connectivity index (χ0v) is 12.0. The second-order valence-corrected chi connectivity index (χ2v) is 4.84. The van der Waals surface area contributed by atoms with Gasteiger partial charge in [-0.15, -0.1) is 0 Å². The van der Waals surface area contributed by atoms with E-state index in [0.29, 0.717) is 11.7 Å². The van der Waals surface area contributed by atoms with Gasteiger partial charge in [0.25, 0.3) is 0 Å². The van der Waals surface area contributed by atoms with Crippen LogP contribution < -0.4 is 10.1 Å². The topological polar surface area (TPSA) is 69.0 Å². The molecule has 0 atom stereocenters. The van der Waals surface area contributed by atoms with Crippen LogP contribution >= 0.6 is 0 Å². The molecule has 0 unspecified atom stereocenters. The second kappa shape index (κ2) is 5.73. The average Bonchev–Trinajstić information content (AvgIpc) is 2.67. The first-order chi connectivity index (χ1) is 9.45. The molecule has 0 spiro atoms. The van der Waals surface area contributed by atoms with Gasteiger partial charge in [-0.05, 0) is 32.9 Å². The Balaban J connectivity index is 2.15. The van der Waals surface area contributed by atoms with E-state index in [1.807, 2.05) is 26.8 Å². The maximum Gasteiger partial charge on any atom is 0.363 e. The van der Waals surface area contributed by atoms with E-state index >= 15 is 0 Å². The maximum absolute atomic E-state index is 12.1. The summed E-state index contributed by atoms with van der Waals surface area (Å²) in [5, 5.41) is 7.26. The minimum atomic E-state index is -0.500. The summed E-state index contributed by atoms with van der Waals surface area (Å²) in [5.41, 5.74) is 1.05. The van der Waals surface area contributed by atoms with Crippen LogP contribution in [0.15, 0.2) is 24.3 Å². The number of aromatic nitrogens is 3. The number of anilines is 1. The minimum Gasteiger partial charge on any atom is -0.403 e. The Morgan fingerprint density at radius 2 is 2.15 bits per heavy atom. The molecule has 0 fully saturated rings. The summed E-state index contributed by atoms with van der Waals surface area (Å²) in [5.74, 6) is 0.549. The van der Waals surface area contributed by atoms with Crippen LogP contribution in [-0.2, 0) is 7.05 Å². The predicted molar refractivity (Wildman–Crippen MR) is 75.9 cm³/mol. The molecule has 20 heavy (non-hydrogen) atoms. The molecule has 2 aromatic heterocycles. The number of ether oxygens (including phenoxy) is 1. The Morgan fingerprint density at radius 3 is 2.75 bits per heavy atom. The number of nitrogens with one attached hydrogen (secondary N) is 1. The third-order valence-electron chi connectivity index (χ3n) is 2.55. The molecular weight excluding hydrogens is 256 g/mol. The van der Waals surface area contributed by atoms with Crippen LogP contribution in [0.1, 0.15) is 30.0 Å². The number of aryl methyl sites for hydroxylation is 2. The van der Waals surface area contributed by atoms with Crippen molar-refractivity contribution in [3.05, 3.63) is 35.7 Å². The van der Waals surface area contributed by atoms with Crippen molar-refractivity contribution in [2.24, 2.45) is 7.05 Å². The van der Waals surface area contributed by atoms with Crippen LogP contribution in [0.2, 0.25) is 0 Å². The Labute approximate surface area is 117 Å². The number of carbonyl (C=O) groups excluding carboxylic acids is 1. The van der Waals surface area contributed by atoms with Crippen molar-refractivity contribution in [1.29, 1.82) is 0 Å². The first-order valence-corrected chi connectivity index (χ1v) is 6.42. The summed E-state index contributed by atoms with van der Waals surface area (Å²) in [4.78, 5) is 16.3. The van der Waals surface area contributed by atoms with E-state index < -0.39 is 5.97 Å². The molecule has 2 heterocycles. The zero-order chi connectivity index (χ0) is 14.7. The lowest BCUT2D eigenvalue weighted by Crippen LogP contribution is -2.15. The highest BCUT2D eigenvalue weighted by molar-refractivity contribution is 5.89. The summed E-state index contributed by atoms with van der Waals surface area (Å²) in [7, 11) is 1.72. The van der Waals surface area contributed by atoms with Gasteiger partial charge in [-0.2, -0.15) is 5.10 Å². The Kier molecular flexibility index (Phi) is 4.02. The van der Waals surface area contributed by atoms with Gasteiger partial charge in [0, 0.05) is 19.2 Å². The molecule has 0 aliphatic heterocycles. The fourth-order valence-electron chi connectivity index (χ4n) is 1.75. The van der Waals surface area contributed by atoms with Crippen molar-refractivity contribution in [1.82, 2.24) is 14.8 Å². The molecule has 2 rings (SSSR count). The number of nitrogens with zero attached hydrogens (tertiary/aromatic N) is 3. The van der Waals surface area contributed by atoms with Gasteiger partial charge in [-0.1, -0.05) is 6.07 Å². The minimum absolute atomic E-state index is 0.244. The lowest BCUT2D eigenvalue weighted by atomic mass is 10.3. The molecule has 0 bridgehead atoms. The highest BCUT2D eigenvalue weighted by Crippen LogP contribution is 2.14. The van der Waals surface area contributed by atoms with Crippen molar-refractivity contribution in [2.45, 2.75) is 26.8 Å². The summed E-state index contributed by atoms with van der Waals surface area (Å²) in [6, 6.07) is 7.15. The van der Waals surface area contributed by atoms with Gasteiger partial charge in [0.05, 0.1) is 5.69 Å². The second-order valence-electron chi connectivity index (χ2n) is 4.84. The Hall–Kier alpha value is -2.37. The highest BCUT2D eigenvalue weighted by atomic mass is 16.5. The van der Waals surface area contributed by atoms with Crippen LogP contribution in [-0.4, -0.2) is 26.8 Å². The molecule has 0 saturated heterocycles. The lowest BCUT2D eigenvalue weighted by molar-refractivity contribution is 0.0714. The molecule has 6 nitrogen and oxygen atoms in total. The molecule has 2 aromatic rings. The van der Waals surface area contributed by atoms with Crippen LogP contribution in [0.4, 0.5) is 5.82 Å². The molecule has 0 aliphatic carbocycles. The van der Waals surface area contributed by atoms with E-state index in [4.69, 9.17) is 4.74 Å². The number of carbonyl (C=O) groups is 1. The molecule has 6 heteroatoms. The van der Waals surface area contributed by atoms with Crippen molar-refractivity contribution in [2.75, 3.05) is 5.32 Å². The SMILES string of the molecule is Cc1cc(OC(=O)c2cccc(NC(C)C)n2)n(C)n1. The predicted octanol–water partition coefficient (Wildman–Crippen LogP) is 2.16. The summed E-state index contributed by atoms with van der Waals surface area (Å²) < 4.78 is 6.80. The fourth-order valence-corrected chi connectivity index (χ4v) is 1.75.